The Morgan fingerprint density at radius 2 is 1.88 bits per heavy atom. The van der Waals surface area contributed by atoms with Crippen molar-refractivity contribution in [2.45, 2.75) is 58.5 Å². The van der Waals surface area contributed by atoms with Gasteiger partial charge in [-0.1, -0.05) is 6.92 Å². The van der Waals surface area contributed by atoms with Crippen molar-refractivity contribution in [3.05, 3.63) is 53.5 Å². The number of hydrogen-bond acceptors (Lipinski definition) is 7. The number of piperidine rings is 1. The molecule has 0 saturated carbocycles. The third-order valence-corrected chi connectivity index (χ3v) is 7.69. The Labute approximate surface area is 231 Å². The quantitative estimate of drug-likeness (QED) is 0.421. The van der Waals surface area contributed by atoms with Crippen LogP contribution in [0.3, 0.4) is 0 Å². The lowest BCUT2D eigenvalue weighted by molar-refractivity contribution is 0.0204. The number of ether oxygens (including phenoxy) is 1. The molecule has 1 fully saturated rings. The largest absolute Gasteiger partial charge is 0.444 e. The Bertz CT molecular complexity index is 1530. The van der Waals surface area contributed by atoms with E-state index in [0.717, 1.165) is 17.8 Å². The molecule has 0 atom stereocenters. The molecule has 0 radical (unpaired) electrons. The van der Waals surface area contributed by atoms with Crippen LogP contribution in [-0.2, 0) is 14.8 Å². The first kappa shape index (κ1) is 29.2. The van der Waals surface area contributed by atoms with Crippen LogP contribution in [0.15, 0.2) is 30.6 Å². The minimum Gasteiger partial charge on any atom is -0.444 e. The molecule has 0 unspecified atom stereocenters. The summed E-state index contributed by atoms with van der Waals surface area (Å²) >= 11 is 0. The maximum absolute atomic E-state index is 15.0. The van der Waals surface area contributed by atoms with Gasteiger partial charge in [0, 0.05) is 25.1 Å². The molecule has 1 aromatic carbocycles. The topological polar surface area (TPSA) is 135 Å². The molecule has 216 valence electrons. The minimum atomic E-state index is -3.86. The molecule has 1 saturated heterocycles. The maximum atomic E-state index is 15.0. The lowest BCUT2D eigenvalue weighted by atomic mass is 9.94. The lowest BCUT2D eigenvalue weighted by Crippen LogP contribution is -2.41. The highest BCUT2D eigenvalue weighted by Crippen LogP contribution is 2.29. The summed E-state index contributed by atoms with van der Waals surface area (Å²) in [4.78, 5) is 31.1. The van der Waals surface area contributed by atoms with Crippen molar-refractivity contribution in [3.63, 3.8) is 0 Å². The van der Waals surface area contributed by atoms with Crippen molar-refractivity contribution in [1.29, 1.82) is 0 Å². The first-order chi connectivity index (χ1) is 18.8. The van der Waals surface area contributed by atoms with Crippen LogP contribution in [0.4, 0.5) is 25.0 Å². The van der Waals surface area contributed by atoms with Crippen molar-refractivity contribution in [3.8, 4) is 0 Å². The Morgan fingerprint density at radius 3 is 2.52 bits per heavy atom. The van der Waals surface area contributed by atoms with Gasteiger partial charge in [-0.3, -0.25) is 9.52 Å². The number of carbonyl (C=O) groups is 2. The average Bonchev–Trinajstić information content (AvgIpc) is 3.28. The Balaban J connectivity index is 1.46. The van der Waals surface area contributed by atoms with Crippen molar-refractivity contribution >= 4 is 39.0 Å². The fourth-order valence-electron chi connectivity index (χ4n) is 4.36. The minimum absolute atomic E-state index is 0.0841. The van der Waals surface area contributed by atoms with Crippen molar-refractivity contribution < 1.29 is 31.5 Å². The number of aromatic nitrogens is 3. The molecule has 2 N–H and O–H groups in total. The Kier molecular flexibility index (Phi) is 8.28. The monoisotopic (exact) mass is 578 g/mol. The number of fused-ring (bicyclic) bond motifs is 1. The highest BCUT2D eigenvalue weighted by atomic mass is 32.2. The van der Waals surface area contributed by atoms with E-state index in [4.69, 9.17) is 4.74 Å². The van der Waals surface area contributed by atoms with Crippen molar-refractivity contribution in [2.24, 2.45) is 0 Å². The molecule has 0 aliphatic carbocycles. The molecule has 40 heavy (non-hydrogen) atoms. The first-order valence-corrected chi connectivity index (χ1v) is 14.5. The van der Waals surface area contributed by atoms with Gasteiger partial charge in [0.05, 0.1) is 35.2 Å². The second-order valence-electron chi connectivity index (χ2n) is 10.6. The number of carbonyl (C=O) groups excluding carboxylic acids is 2. The van der Waals surface area contributed by atoms with Gasteiger partial charge in [-0.25, -0.2) is 31.5 Å². The number of rotatable bonds is 7. The van der Waals surface area contributed by atoms with Gasteiger partial charge in [-0.15, -0.1) is 0 Å². The van der Waals surface area contributed by atoms with Crippen molar-refractivity contribution in [2.75, 3.05) is 28.9 Å². The number of halogens is 2. The lowest BCUT2D eigenvalue weighted by Gasteiger charge is -2.32. The zero-order valence-corrected chi connectivity index (χ0v) is 23.5. The van der Waals surface area contributed by atoms with E-state index >= 15 is 0 Å². The van der Waals surface area contributed by atoms with Gasteiger partial charge in [0.1, 0.15) is 17.0 Å². The van der Waals surface area contributed by atoms with Crippen LogP contribution in [-0.4, -0.2) is 64.4 Å². The molecule has 0 bridgehead atoms. The van der Waals surface area contributed by atoms with Gasteiger partial charge in [0.15, 0.2) is 11.5 Å². The average molecular weight is 579 g/mol. The Hall–Kier alpha value is -3.81. The zero-order chi connectivity index (χ0) is 29.2. The second kappa shape index (κ2) is 11.4. The number of nitrogens with zero attached hydrogens (tertiary/aromatic N) is 4. The zero-order valence-electron chi connectivity index (χ0n) is 22.7. The smallest absolute Gasteiger partial charge is 0.410 e. The molecule has 14 heteroatoms. The normalized spacial score (nSPS) is 14.8. The van der Waals surface area contributed by atoms with Crippen LogP contribution in [0.2, 0.25) is 0 Å². The summed E-state index contributed by atoms with van der Waals surface area (Å²) in [5, 5.41) is 6.95. The third-order valence-electron chi connectivity index (χ3n) is 6.21. The summed E-state index contributed by atoms with van der Waals surface area (Å²) in [5.74, 6) is -3.77. The van der Waals surface area contributed by atoms with Crippen LogP contribution in [0.5, 0.6) is 0 Å². The van der Waals surface area contributed by atoms with E-state index in [-0.39, 0.29) is 23.5 Å². The molecular formula is C26H32F2N6O5S. The highest BCUT2D eigenvalue weighted by molar-refractivity contribution is 7.92. The molecule has 1 aliphatic heterocycles. The van der Waals surface area contributed by atoms with E-state index in [1.807, 2.05) is 31.6 Å². The number of nitrogens with one attached hydrogen (secondary N) is 2. The van der Waals surface area contributed by atoms with Crippen LogP contribution in [0.1, 0.15) is 68.9 Å². The maximum Gasteiger partial charge on any atom is 0.410 e. The van der Waals surface area contributed by atoms with Crippen LogP contribution in [0.25, 0.3) is 5.65 Å². The van der Waals surface area contributed by atoms with Crippen LogP contribution in [0, 0.1) is 11.6 Å². The predicted molar refractivity (Wildman–Crippen MR) is 145 cm³/mol. The summed E-state index contributed by atoms with van der Waals surface area (Å²) in [7, 11) is -3.86. The molecule has 1 aliphatic rings. The molecule has 2 aromatic heterocycles. The molecule has 2 amide bonds. The van der Waals surface area contributed by atoms with Crippen molar-refractivity contribution in [1.82, 2.24) is 19.5 Å². The number of benzene rings is 1. The number of anilines is 2. The van der Waals surface area contributed by atoms with Gasteiger partial charge in [-0.2, -0.15) is 5.10 Å². The van der Waals surface area contributed by atoms with E-state index in [1.54, 1.807) is 11.8 Å². The van der Waals surface area contributed by atoms with Gasteiger partial charge in [-0.05, 0) is 52.2 Å². The molecule has 4 rings (SSSR count). The van der Waals surface area contributed by atoms with Crippen LogP contribution >= 0.6 is 0 Å². The van der Waals surface area contributed by atoms with Gasteiger partial charge < -0.3 is 15.0 Å². The summed E-state index contributed by atoms with van der Waals surface area (Å²) < 4.78 is 62.4. The van der Waals surface area contributed by atoms with Gasteiger partial charge >= 0.3 is 6.09 Å². The number of amides is 2. The molecule has 0 spiro atoms. The number of hydrogen-bond donors (Lipinski definition) is 2. The molecule has 3 heterocycles. The SMILES string of the molecule is CCCS(=O)(=O)Nc1ccc(F)c(C(=O)Nc2cnc3cc(C4CCN(C(=O)OC(C)(C)C)CC4)nn3c2)c1F. The molecular weight excluding hydrogens is 546 g/mol. The van der Waals surface area contributed by atoms with E-state index < -0.39 is 44.4 Å². The third kappa shape index (κ3) is 6.84. The second-order valence-corrected chi connectivity index (χ2v) is 12.5. The fraction of sp³-hybridized carbons (Fsp3) is 0.462. The molecule has 3 aromatic rings. The summed E-state index contributed by atoms with van der Waals surface area (Å²) in [6, 6.07) is 3.55. The first-order valence-electron chi connectivity index (χ1n) is 12.9. The summed E-state index contributed by atoms with van der Waals surface area (Å²) in [6.07, 6.45) is 4.10. The van der Waals surface area contributed by atoms with E-state index in [9.17, 15) is 26.8 Å². The number of likely N-dealkylation sites (tertiary alicyclic amines) is 1. The summed E-state index contributed by atoms with van der Waals surface area (Å²) in [5.41, 5.74) is -0.627. The fourth-order valence-corrected chi connectivity index (χ4v) is 5.50. The van der Waals surface area contributed by atoms with E-state index in [2.05, 4.69) is 15.4 Å². The molecule has 11 nitrogen and oxygen atoms in total. The highest BCUT2D eigenvalue weighted by Gasteiger charge is 2.29. The predicted octanol–water partition coefficient (Wildman–Crippen LogP) is 4.53. The standard InChI is InChI=1S/C26H32F2N6O5S/c1-5-12-40(37,38)32-19-7-6-18(27)22(23(19)28)24(35)30-17-14-29-21-13-20(31-34(21)15-17)16-8-10-33(11-9-16)25(36)39-26(2,3)4/h6-7,13-16,32H,5,8-12H2,1-4H3,(H,30,35). The van der Waals surface area contributed by atoms with E-state index in [0.29, 0.717) is 38.0 Å². The van der Waals surface area contributed by atoms with Crippen LogP contribution < -0.4 is 10.0 Å². The Morgan fingerprint density at radius 1 is 1.18 bits per heavy atom. The van der Waals surface area contributed by atoms with E-state index in [1.165, 1.54) is 16.9 Å². The number of sulfonamides is 1. The van der Waals surface area contributed by atoms with Gasteiger partial charge in [0.25, 0.3) is 5.91 Å². The summed E-state index contributed by atoms with van der Waals surface area (Å²) in [6.45, 7) is 8.14. The van der Waals surface area contributed by atoms with Gasteiger partial charge in [0.2, 0.25) is 10.0 Å².